The van der Waals surface area contributed by atoms with E-state index in [1.165, 1.54) is 6.07 Å². The molecule has 0 unspecified atom stereocenters. The van der Waals surface area contributed by atoms with Crippen LogP contribution in [0.5, 0.6) is 0 Å². The zero-order valence-corrected chi connectivity index (χ0v) is 14.8. The molecule has 27 heavy (non-hydrogen) atoms. The van der Waals surface area contributed by atoms with E-state index >= 15 is 0 Å². The molecule has 0 radical (unpaired) electrons. The first-order valence-corrected chi connectivity index (χ1v) is 8.43. The summed E-state index contributed by atoms with van der Waals surface area (Å²) in [5, 5.41) is 7.08. The number of aromatic nitrogens is 2. The van der Waals surface area contributed by atoms with Gasteiger partial charge in [0.15, 0.2) is 0 Å². The fourth-order valence-electron chi connectivity index (χ4n) is 2.96. The summed E-state index contributed by atoms with van der Waals surface area (Å²) in [6.45, 7) is 3.57. The first-order valence-electron chi connectivity index (χ1n) is 8.43. The van der Waals surface area contributed by atoms with Crippen LogP contribution in [-0.2, 0) is 0 Å². The van der Waals surface area contributed by atoms with Crippen molar-refractivity contribution < 1.29 is 13.7 Å². The van der Waals surface area contributed by atoms with Crippen LogP contribution < -0.4 is 5.32 Å². The van der Waals surface area contributed by atoms with Gasteiger partial charge in [0, 0.05) is 5.56 Å². The highest BCUT2D eigenvalue weighted by molar-refractivity contribution is 6.13. The highest BCUT2D eigenvalue weighted by atomic mass is 19.1. The molecule has 0 saturated carbocycles. The molecule has 0 spiro atoms. The lowest BCUT2D eigenvalue weighted by Gasteiger charge is -2.10. The topological polar surface area (TPSA) is 68.0 Å². The van der Waals surface area contributed by atoms with Crippen LogP contribution in [0.15, 0.2) is 59.1 Å². The minimum absolute atomic E-state index is 0.125. The average molecular weight is 361 g/mol. The van der Waals surface area contributed by atoms with Crippen LogP contribution in [0.25, 0.3) is 22.4 Å². The van der Waals surface area contributed by atoms with Crippen LogP contribution in [0, 0.1) is 19.7 Å². The second-order valence-electron chi connectivity index (χ2n) is 6.31. The molecular formula is C21H16FN3O2. The van der Waals surface area contributed by atoms with Crippen LogP contribution in [0.1, 0.15) is 21.6 Å². The van der Waals surface area contributed by atoms with Crippen molar-refractivity contribution in [3.63, 3.8) is 0 Å². The van der Waals surface area contributed by atoms with E-state index in [2.05, 4.69) is 15.5 Å². The SMILES string of the molecule is Cc1ccc(F)c(NC(=O)c2cc(-c3ccccc3)nc3onc(C)c23)c1. The summed E-state index contributed by atoms with van der Waals surface area (Å²) in [6, 6.07) is 15.7. The second-order valence-corrected chi connectivity index (χ2v) is 6.31. The maximum atomic E-state index is 14.1. The van der Waals surface area contributed by atoms with Crippen molar-refractivity contribution in [3.8, 4) is 11.3 Å². The van der Waals surface area contributed by atoms with E-state index in [4.69, 9.17) is 4.52 Å². The lowest BCUT2D eigenvalue weighted by Crippen LogP contribution is -2.14. The molecule has 2 aromatic carbocycles. The number of aryl methyl sites for hydroxylation is 2. The molecule has 2 heterocycles. The molecule has 134 valence electrons. The zero-order chi connectivity index (χ0) is 19.0. The number of pyridine rings is 1. The van der Waals surface area contributed by atoms with Gasteiger partial charge in [-0.15, -0.1) is 0 Å². The molecule has 0 bridgehead atoms. The van der Waals surface area contributed by atoms with E-state index in [1.54, 1.807) is 25.1 Å². The molecule has 0 saturated heterocycles. The maximum absolute atomic E-state index is 14.1. The average Bonchev–Trinajstić information content (AvgIpc) is 3.05. The minimum Gasteiger partial charge on any atom is -0.335 e. The lowest BCUT2D eigenvalue weighted by atomic mass is 10.0. The number of nitrogens with one attached hydrogen (secondary N) is 1. The molecule has 2 aromatic heterocycles. The monoisotopic (exact) mass is 361 g/mol. The molecule has 0 aliphatic rings. The predicted molar refractivity (Wildman–Crippen MR) is 101 cm³/mol. The van der Waals surface area contributed by atoms with E-state index in [0.717, 1.165) is 11.1 Å². The molecular weight excluding hydrogens is 345 g/mol. The largest absolute Gasteiger partial charge is 0.335 e. The molecule has 0 atom stereocenters. The van der Waals surface area contributed by atoms with Gasteiger partial charge in [0.25, 0.3) is 11.6 Å². The summed E-state index contributed by atoms with van der Waals surface area (Å²) < 4.78 is 19.3. The van der Waals surface area contributed by atoms with Crippen LogP contribution >= 0.6 is 0 Å². The van der Waals surface area contributed by atoms with Crippen LogP contribution in [0.3, 0.4) is 0 Å². The molecule has 4 rings (SSSR count). The number of rotatable bonds is 3. The van der Waals surface area contributed by atoms with Crippen molar-refractivity contribution in [3.05, 3.63) is 77.2 Å². The van der Waals surface area contributed by atoms with Gasteiger partial charge < -0.3 is 9.84 Å². The molecule has 1 N–H and O–H groups in total. The fourth-order valence-corrected chi connectivity index (χ4v) is 2.96. The number of amides is 1. The summed E-state index contributed by atoms with van der Waals surface area (Å²) in [5.41, 5.74) is 3.53. The van der Waals surface area contributed by atoms with E-state index in [-0.39, 0.29) is 11.4 Å². The number of halogens is 1. The van der Waals surface area contributed by atoms with Gasteiger partial charge in [-0.1, -0.05) is 41.6 Å². The Morgan fingerprint density at radius 1 is 1.07 bits per heavy atom. The minimum atomic E-state index is -0.496. The summed E-state index contributed by atoms with van der Waals surface area (Å²) >= 11 is 0. The number of carbonyl (C=O) groups excluding carboxylic acids is 1. The third-order valence-corrected chi connectivity index (χ3v) is 4.30. The Morgan fingerprint density at radius 3 is 2.63 bits per heavy atom. The van der Waals surface area contributed by atoms with E-state index in [9.17, 15) is 9.18 Å². The van der Waals surface area contributed by atoms with Gasteiger partial charge in [0.1, 0.15) is 5.82 Å². The Labute approximate surface area is 154 Å². The standard InChI is InChI=1S/C21H16FN3O2/c1-12-8-9-16(22)18(10-12)23-20(26)15-11-17(14-6-4-3-5-7-14)24-21-19(15)13(2)25-27-21/h3-11H,1-2H3,(H,23,26). The first-order chi connectivity index (χ1) is 13.0. The fraction of sp³-hybridized carbons (Fsp3) is 0.0952. The van der Waals surface area contributed by atoms with Crippen molar-refractivity contribution in [2.75, 3.05) is 5.32 Å². The Bertz CT molecular complexity index is 1150. The number of anilines is 1. The molecule has 0 fully saturated rings. The highest BCUT2D eigenvalue weighted by Crippen LogP contribution is 2.28. The number of hydrogen-bond donors (Lipinski definition) is 1. The summed E-state index contributed by atoms with van der Waals surface area (Å²) in [7, 11) is 0. The zero-order valence-electron chi connectivity index (χ0n) is 14.8. The van der Waals surface area contributed by atoms with Crippen LogP contribution in [-0.4, -0.2) is 16.0 Å². The van der Waals surface area contributed by atoms with Crippen molar-refractivity contribution >= 4 is 22.7 Å². The quantitative estimate of drug-likeness (QED) is 0.564. The van der Waals surface area contributed by atoms with Gasteiger partial charge in [0.05, 0.1) is 28.0 Å². The number of carbonyl (C=O) groups is 1. The molecule has 1 amide bonds. The van der Waals surface area contributed by atoms with E-state index in [1.807, 2.05) is 37.3 Å². The Balaban J connectivity index is 1.83. The van der Waals surface area contributed by atoms with Gasteiger partial charge in [-0.3, -0.25) is 4.79 Å². The van der Waals surface area contributed by atoms with E-state index < -0.39 is 11.7 Å². The van der Waals surface area contributed by atoms with Gasteiger partial charge in [-0.05, 0) is 37.6 Å². The summed E-state index contributed by atoms with van der Waals surface area (Å²) in [4.78, 5) is 17.4. The Hall–Kier alpha value is -3.54. The van der Waals surface area contributed by atoms with Gasteiger partial charge in [-0.2, -0.15) is 0 Å². The summed E-state index contributed by atoms with van der Waals surface area (Å²) in [6.07, 6.45) is 0. The van der Waals surface area contributed by atoms with Crippen molar-refractivity contribution in [1.29, 1.82) is 0 Å². The lowest BCUT2D eigenvalue weighted by molar-refractivity contribution is 0.102. The molecule has 5 nitrogen and oxygen atoms in total. The maximum Gasteiger partial charge on any atom is 0.259 e. The second kappa shape index (κ2) is 6.64. The van der Waals surface area contributed by atoms with Gasteiger partial charge in [-0.25, -0.2) is 9.37 Å². The Morgan fingerprint density at radius 2 is 1.85 bits per heavy atom. The molecule has 0 aliphatic carbocycles. The third-order valence-electron chi connectivity index (χ3n) is 4.30. The van der Waals surface area contributed by atoms with Crippen molar-refractivity contribution in [1.82, 2.24) is 10.1 Å². The normalized spacial score (nSPS) is 10.9. The van der Waals surface area contributed by atoms with Crippen molar-refractivity contribution in [2.45, 2.75) is 13.8 Å². The summed E-state index contributed by atoms with van der Waals surface area (Å²) in [5.74, 6) is -0.944. The molecule has 6 heteroatoms. The third kappa shape index (κ3) is 3.17. The molecule has 0 aliphatic heterocycles. The number of benzene rings is 2. The highest BCUT2D eigenvalue weighted by Gasteiger charge is 2.20. The number of nitrogens with zero attached hydrogens (tertiary/aromatic N) is 2. The van der Waals surface area contributed by atoms with Gasteiger partial charge in [0.2, 0.25) is 0 Å². The van der Waals surface area contributed by atoms with Crippen LogP contribution in [0.2, 0.25) is 0 Å². The smallest absolute Gasteiger partial charge is 0.259 e. The van der Waals surface area contributed by atoms with Gasteiger partial charge >= 0.3 is 0 Å². The number of fused-ring (bicyclic) bond motifs is 1. The first kappa shape index (κ1) is 16.9. The van der Waals surface area contributed by atoms with Crippen LogP contribution in [0.4, 0.5) is 10.1 Å². The van der Waals surface area contributed by atoms with E-state index in [0.29, 0.717) is 22.3 Å². The Kier molecular flexibility index (Phi) is 4.16. The molecule has 4 aromatic rings. The predicted octanol–water partition coefficient (Wildman–Crippen LogP) is 4.90. The van der Waals surface area contributed by atoms with Crippen molar-refractivity contribution in [2.24, 2.45) is 0 Å². The number of hydrogen-bond acceptors (Lipinski definition) is 4.